The van der Waals surface area contributed by atoms with E-state index in [-0.39, 0.29) is 16.6 Å². The summed E-state index contributed by atoms with van der Waals surface area (Å²) < 4.78 is 30.8. The summed E-state index contributed by atoms with van der Waals surface area (Å²) in [6, 6.07) is 0. The average molecular weight is 419 g/mol. The van der Waals surface area contributed by atoms with Crippen LogP contribution in [0.2, 0.25) is 0 Å². The Labute approximate surface area is 178 Å². The van der Waals surface area contributed by atoms with Gasteiger partial charge in [-0.15, -0.1) is 0 Å². The molecule has 0 aromatic heterocycles. The van der Waals surface area contributed by atoms with Gasteiger partial charge in [-0.2, -0.15) is 0 Å². The van der Waals surface area contributed by atoms with Crippen molar-refractivity contribution in [2.24, 2.45) is 17.3 Å². The van der Waals surface area contributed by atoms with Crippen molar-refractivity contribution in [2.45, 2.75) is 93.6 Å². The van der Waals surface area contributed by atoms with E-state index >= 15 is 0 Å². The fourth-order valence-corrected chi connectivity index (χ4v) is 8.85. The minimum Gasteiger partial charge on any atom is -0.384 e. The fourth-order valence-electron chi connectivity index (χ4n) is 8.85. The van der Waals surface area contributed by atoms with Crippen LogP contribution in [0.1, 0.15) is 65.2 Å². The maximum absolute atomic E-state index is 12.0. The quantitative estimate of drug-likeness (QED) is 0.521. The maximum atomic E-state index is 12.0. The second-order valence-corrected chi connectivity index (χ2v) is 11.3. The van der Waals surface area contributed by atoms with Gasteiger partial charge in [0.1, 0.15) is 16.8 Å². The van der Waals surface area contributed by atoms with Crippen LogP contribution in [0, 0.1) is 17.3 Å². The zero-order valence-corrected chi connectivity index (χ0v) is 18.2. The zero-order chi connectivity index (χ0) is 20.5. The summed E-state index contributed by atoms with van der Waals surface area (Å²) in [6.45, 7) is 6.76. The first-order valence-corrected chi connectivity index (χ1v) is 12.0. The van der Waals surface area contributed by atoms with Gasteiger partial charge in [-0.3, -0.25) is 0 Å². The standard InChI is InChI=1S/C24H34O6/c1-19-6-4-18-16(17(19)5-8-24(19,25)20(2)26-11-12-27-20)3-7-21-15-22(28-13-14-29-22)9-10-23(18,21)30-21/h4,16-17,25H,3,5-15H2,1-2H3/t16-,17-,19-,21?,23?,24+/m0/s1. The van der Waals surface area contributed by atoms with Crippen LogP contribution < -0.4 is 0 Å². The molecule has 166 valence electrons. The van der Waals surface area contributed by atoms with E-state index in [2.05, 4.69) is 13.0 Å². The third-order valence-electron chi connectivity index (χ3n) is 10.4. The molecule has 0 amide bonds. The molecule has 0 radical (unpaired) electrons. The molecule has 3 saturated heterocycles. The van der Waals surface area contributed by atoms with Crippen LogP contribution in [0.3, 0.4) is 0 Å². The van der Waals surface area contributed by atoms with E-state index < -0.39 is 17.2 Å². The van der Waals surface area contributed by atoms with Gasteiger partial charge in [-0.25, -0.2) is 0 Å². The Morgan fingerprint density at radius 3 is 2.40 bits per heavy atom. The predicted molar refractivity (Wildman–Crippen MR) is 107 cm³/mol. The van der Waals surface area contributed by atoms with Gasteiger partial charge in [-0.05, 0) is 62.9 Å². The molecule has 1 N–H and O–H groups in total. The molecule has 7 aliphatic rings. The normalized spacial score (nSPS) is 54.8. The van der Waals surface area contributed by atoms with Crippen molar-refractivity contribution in [3.63, 3.8) is 0 Å². The van der Waals surface area contributed by atoms with Crippen molar-refractivity contribution in [3.05, 3.63) is 11.6 Å². The number of fused-ring (bicyclic) bond motifs is 3. The summed E-state index contributed by atoms with van der Waals surface area (Å²) in [7, 11) is 0. The second kappa shape index (κ2) is 5.52. The highest BCUT2D eigenvalue weighted by molar-refractivity contribution is 5.43. The monoisotopic (exact) mass is 418 g/mol. The van der Waals surface area contributed by atoms with Gasteiger partial charge in [0.25, 0.3) is 0 Å². The number of epoxide rings is 1. The summed E-state index contributed by atoms with van der Waals surface area (Å²) in [4.78, 5) is 0. The first-order valence-electron chi connectivity index (χ1n) is 12.0. The van der Waals surface area contributed by atoms with Crippen LogP contribution in [0.4, 0.5) is 0 Å². The van der Waals surface area contributed by atoms with Gasteiger partial charge in [-0.1, -0.05) is 13.0 Å². The SMILES string of the molecule is CC1([C@@]2(O)CC[C@H]3[C@@H]4CCC56CC7(CCC5(O6)C4=CC[C@@]32C)OCCO7)OCCO1. The van der Waals surface area contributed by atoms with Crippen molar-refractivity contribution < 1.29 is 28.8 Å². The third kappa shape index (κ3) is 1.95. The van der Waals surface area contributed by atoms with E-state index in [1.165, 1.54) is 5.57 Å². The highest BCUT2D eigenvalue weighted by Gasteiger charge is 2.80. The molecule has 4 aliphatic carbocycles. The van der Waals surface area contributed by atoms with Gasteiger partial charge < -0.3 is 28.8 Å². The molecule has 6 fully saturated rings. The number of ether oxygens (including phenoxy) is 5. The molecule has 0 bridgehead atoms. The van der Waals surface area contributed by atoms with E-state index in [1.54, 1.807) is 0 Å². The Hall–Kier alpha value is -0.500. The van der Waals surface area contributed by atoms with Crippen molar-refractivity contribution in [3.8, 4) is 0 Å². The smallest absolute Gasteiger partial charge is 0.195 e. The minimum atomic E-state index is -0.956. The molecule has 6 heteroatoms. The lowest BCUT2D eigenvalue weighted by molar-refractivity contribution is -0.293. The van der Waals surface area contributed by atoms with Crippen LogP contribution in [-0.2, 0) is 23.7 Å². The zero-order valence-electron chi connectivity index (χ0n) is 18.2. The first kappa shape index (κ1) is 19.0. The molecular formula is C24H34O6. The van der Waals surface area contributed by atoms with Crippen molar-refractivity contribution in [1.82, 2.24) is 0 Å². The highest BCUT2D eigenvalue weighted by atomic mass is 16.8. The maximum Gasteiger partial charge on any atom is 0.195 e. The molecule has 6 nitrogen and oxygen atoms in total. The molecule has 3 aliphatic heterocycles. The van der Waals surface area contributed by atoms with Crippen molar-refractivity contribution >= 4 is 0 Å². The lowest BCUT2D eigenvalue weighted by Gasteiger charge is -2.55. The van der Waals surface area contributed by atoms with Gasteiger partial charge in [0, 0.05) is 18.3 Å². The fraction of sp³-hybridized carbons (Fsp3) is 0.917. The molecule has 30 heavy (non-hydrogen) atoms. The molecule has 0 aromatic carbocycles. The van der Waals surface area contributed by atoms with Crippen LogP contribution in [0.5, 0.6) is 0 Å². The van der Waals surface area contributed by atoms with Gasteiger partial charge in [0.2, 0.25) is 0 Å². The van der Waals surface area contributed by atoms with Crippen LogP contribution >= 0.6 is 0 Å². The van der Waals surface area contributed by atoms with Crippen LogP contribution in [0.15, 0.2) is 11.6 Å². The Morgan fingerprint density at radius 2 is 1.63 bits per heavy atom. The van der Waals surface area contributed by atoms with E-state index in [4.69, 9.17) is 23.7 Å². The molecule has 0 aromatic rings. The molecule has 6 atom stereocenters. The largest absolute Gasteiger partial charge is 0.384 e. The van der Waals surface area contributed by atoms with E-state index in [1.807, 2.05) is 6.92 Å². The molecule has 2 unspecified atom stereocenters. The topological polar surface area (TPSA) is 69.7 Å². The number of hydrogen-bond acceptors (Lipinski definition) is 6. The second-order valence-electron chi connectivity index (χ2n) is 11.3. The molecular weight excluding hydrogens is 384 g/mol. The van der Waals surface area contributed by atoms with E-state index in [0.29, 0.717) is 38.3 Å². The average Bonchev–Trinajstić information content (AvgIpc) is 3.04. The Bertz CT molecular complexity index is 813. The van der Waals surface area contributed by atoms with Gasteiger partial charge in [0.05, 0.1) is 26.4 Å². The number of aliphatic hydroxyl groups is 1. The molecule has 3 heterocycles. The highest BCUT2D eigenvalue weighted by Crippen LogP contribution is 2.74. The van der Waals surface area contributed by atoms with Crippen molar-refractivity contribution in [1.29, 1.82) is 0 Å². The van der Waals surface area contributed by atoms with Crippen LogP contribution in [0.25, 0.3) is 0 Å². The number of rotatable bonds is 1. The lowest BCUT2D eigenvalue weighted by atomic mass is 9.52. The summed E-state index contributed by atoms with van der Waals surface area (Å²) in [5.41, 5.74) is 0.126. The number of hydrogen-bond donors (Lipinski definition) is 1. The molecule has 3 saturated carbocycles. The minimum absolute atomic E-state index is 0.0930. The Morgan fingerprint density at radius 1 is 0.900 bits per heavy atom. The van der Waals surface area contributed by atoms with Gasteiger partial charge in [0.15, 0.2) is 11.6 Å². The van der Waals surface area contributed by atoms with E-state index in [0.717, 1.165) is 51.4 Å². The lowest BCUT2D eigenvalue weighted by Crippen LogP contribution is -2.62. The molecule has 7 rings (SSSR count). The van der Waals surface area contributed by atoms with E-state index in [9.17, 15) is 5.11 Å². The Kier molecular flexibility index (Phi) is 3.50. The van der Waals surface area contributed by atoms with Gasteiger partial charge >= 0.3 is 0 Å². The number of allylic oxidation sites excluding steroid dienone is 1. The summed E-state index contributed by atoms with van der Waals surface area (Å²) in [5.74, 6) is -0.379. The summed E-state index contributed by atoms with van der Waals surface area (Å²) in [5, 5.41) is 12.0. The Balaban J connectivity index is 1.23. The van der Waals surface area contributed by atoms with Crippen molar-refractivity contribution in [2.75, 3.05) is 26.4 Å². The third-order valence-corrected chi connectivity index (χ3v) is 10.4. The van der Waals surface area contributed by atoms with Crippen LogP contribution in [-0.4, -0.2) is 59.9 Å². The molecule has 1 spiro atoms. The first-order chi connectivity index (χ1) is 14.3. The predicted octanol–water partition coefficient (Wildman–Crippen LogP) is 3.07. The summed E-state index contributed by atoms with van der Waals surface area (Å²) >= 11 is 0. The summed E-state index contributed by atoms with van der Waals surface area (Å²) in [6.07, 6.45) is 10.0.